The van der Waals surface area contributed by atoms with Gasteiger partial charge in [0.1, 0.15) is 5.15 Å². The number of fused-ring (bicyclic) bond motifs is 1. The smallest absolute Gasteiger partial charge is 0.337 e. The molecule has 15 heavy (non-hydrogen) atoms. The number of carboxylic acid groups (broad SMARTS) is 1. The molecule has 0 amide bonds. The summed E-state index contributed by atoms with van der Waals surface area (Å²) in [6, 6.07) is 5.00. The minimum absolute atomic E-state index is 0.0556. The predicted octanol–water partition coefficient (Wildman–Crippen LogP) is 3.24. The van der Waals surface area contributed by atoms with E-state index < -0.39 is 5.97 Å². The SMILES string of the molecule is O=C(O)c1cnc(Cl)c2cccc(Cl)c12. The van der Waals surface area contributed by atoms with Crippen LogP contribution in [0.2, 0.25) is 10.2 Å². The summed E-state index contributed by atoms with van der Waals surface area (Å²) in [5.74, 6) is -1.07. The summed E-state index contributed by atoms with van der Waals surface area (Å²) in [6.07, 6.45) is 1.21. The van der Waals surface area contributed by atoms with Gasteiger partial charge in [0, 0.05) is 22.0 Å². The fraction of sp³-hybridized carbons (Fsp3) is 0. The van der Waals surface area contributed by atoms with Crippen molar-refractivity contribution in [2.45, 2.75) is 0 Å². The van der Waals surface area contributed by atoms with E-state index in [1.54, 1.807) is 18.2 Å². The van der Waals surface area contributed by atoms with E-state index in [2.05, 4.69) is 4.98 Å². The zero-order valence-electron chi connectivity index (χ0n) is 7.37. The number of nitrogens with zero attached hydrogens (tertiary/aromatic N) is 1. The molecular weight excluding hydrogens is 237 g/mol. The lowest BCUT2D eigenvalue weighted by Crippen LogP contribution is -1.99. The summed E-state index contributed by atoms with van der Waals surface area (Å²) < 4.78 is 0. The fourth-order valence-electron chi connectivity index (χ4n) is 1.39. The largest absolute Gasteiger partial charge is 0.478 e. The number of benzene rings is 1. The van der Waals surface area contributed by atoms with Crippen molar-refractivity contribution in [3.63, 3.8) is 0 Å². The Kier molecular flexibility index (Phi) is 2.50. The molecular formula is C10H5Cl2NO2. The number of halogens is 2. The highest BCUT2D eigenvalue weighted by Gasteiger charge is 2.13. The Labute approximate surface area is 95.3 Å². The van der Waals surface area contributed by atoms with E-state index in [0.29, 0.717) is 15.8 Å². The van der Waals surface area contributed by atoms with Crippen LogP contribution in [0.5, 0.6) is 0 Å². The minimum atomic E-state index is -1.07. The van der Waals surface area contributed by atoms with Gasteiger partial charge in [-0.3, -0.25) is 0 Å². The number of aromatic carboxylic acids is 1. The van der Waals surface area contributed by atoms with E-state index in [-0.39, 0.29) is 10.7 Å². The molecule has 1 aromatic carbocycles. The van der Waals surface area contributed by atoms with Crippen LogP contribution in [0.4, 0.5) is 0 Å². The number of rotatable bonds is 1. The Morgan fingerprint density at radius 3 is 2.73 bits per heavy atom. The highest BCUT2D eigenvalue weighted by molar-refractivity contribution is 6.40. The van der Waals surface area contributed by atoms with Gasteiger partial charge in [0.2, 0.25) is 0 Å². The summed E-state index contributed by atoms with van der Waals surface area (Å²) in [5, 5.41) is 10.5. The molecule has 0 radical (unpaired) electrons. The lowest BCUT2D eigenvalue weighted by molar-refractivity contribution is 0.0698. The van der Waals surface area contributed by atoms with Crippen LogP contribution < -0.4 is 0 Å². The Morgan fingerprint density at radius 1 is 1.33 bits per heavy atom. The Hall–Kier alpha value is -1.32. The first-order valence-electron chi connectivity index (χ1n) is 4.07. The highest BCUT2D eigenvalue weighted by atomic mass is 35.5. The molecule has 0 spiro atoms. The van der Waals surface area contributed by atoms with Crippen LogP contribution in [0.15, 0.2) is 24.4 Å². The van der Waals surface area contributed by atoms with Crippen molar-refractivity contribution < 1.29 is 9.90 Å². The van der Waals surface area contributed by atoms with Gasteiger partial charge in [-0.05, 0) is 6.07 Å². The standard InChI is InChI=1S/C10H5Cl2NO2/c11-7-3-1-2-5-8(7)6(10(14)15)4-13-9(5)12/h1-4H,(H,14,15). The van der Waals surface area contributed by atoms with Crippen molar-refractivity contribution in [2.24, 2.45) is 0 Å². The van der Waals surface area contributed by atoms with Crippen molar-refractivity contribution in [2.75, 3.05) is 0 Å². The molecule has 0 fully saturated rings. The molecule has 0 unspecified atom stereocenters. The first-order chi connectivity index (χ1) is 7.11. The van der Waals surface area contributed by atoms with Gasteiger partial charge >= 0.3 is 5.97 Å². The van der Waals surface area contributed by atoms with Crippen LogP contribution in [0.25, 0.3) is 10.8 Å². The molecule has 2 rings (SSSR count). The third-order valence-corrected chi connectivity index (χ3v) is 2.66. The lowest BCUT2D eigenvalue weighted by atomic mass is 10.1. The zero-order valence-corrected chi connectivity index (χ0v) is 8.88. The number of carboxylic acids is 1. The van der Waals surface area contributed by atoms with Crippen LogP contribution in [-0.2, 0) is 0 Å². The number of hydrogen-bond donors (Lipinski definition) is 1. The van der Waals surface area contributed by atoms with E-state index in [9.17, 15) is 4.79 Å². The summed E-state index contributed by atoms with van der Waals surface area (Å²) >= 11 is 11.8. The Morgan fingerprint density at radius 2 is 2.07 bits per heavy atom. The molecule has 1 heterocycles. The summed E-state index contributed by atoms with van der Waals surface area (Å²) in [7, 11) is 0. The first-order valence-corrected chi connectivity index (χ1v) is 4.83. The average molecular weight is 242 g/mol. The van der Waals surface area contributed by atoms with E-state index in [0.717, 1.165) is 0 Å². The molecule has 0 aliphatic heterocycles. The van der Waals surface area contributed by atoms with Gasteiger partial charge in [-0.1, -0.05) is 35.3 Å². The number of hydrogen-bond acceptors (Lipinski definition) is 2. The third kappa shape index (κ3) is 1.64. The molecule has 76 valence electrons. The van der Waals surface area contributed by atoms with Crippen molar-refractivity contribution >= 4 is 39.9 Å². The molecule has 0 bridgehead atoms. The minimum Gasteiger partial charge on any atom is -0.478 e. The van der Waals surface area contributed by atoms with E-state index in [4.69, 9.17) is 28.3 Å². The highest BCUT2D eigenvalue weighted by Crippen LogP contribution is 2.30. The maximum Gasteiger partial charge on any atom is 0.337 e. The maximum absolute atomic E-state index is 10.9. The normalized spacial score (nSPS) is 10.5. The van der Waals surface area contributed by atoms with Crippen molar-refractivity contribution in [1.82, 2.24) is 4.98 Å². The summed E-state index contributed by atoms with van der Waals surface area (Å²) in [5.41, 5.74) is 0.0556. The first kappa shape index (κ1) is 10.2. The van der Waals surface area contributed by atoms with Crippen LogP contribution in [0.1, 0.15) is 10.4 Å². The van der Waals surface area contributed by atoms with E-state index >= 15 is 0 Å². The topological polar surface area (TPSA) is 50.2 Å². The molecule has 5 heteroatoms. The molecule has 1 N–H and O–H groups in total. The average Bonchev–Trinajstić information content (AvgIpc) is 2.19. The van der Waals surface area contributed by atoms with Crippen molar-refractivity contribution in [3.8, 4) is 0 Å². The Balaban J connectivity index is 2.96. The zero-order chi connectivity index (χ0) is 11.0. The van der Waals surface area contributed by atoms with Gasteiger partial charge in [0.15, 0.2) is 0 Å². The predicted molar refractivity (Wildman–Crippen MR) is 58.7 cm³/mol. The fourth-order valence-corrected chi connectivity index (χ4v) is 1.87. The van der Waals surface area contributed by atoms with E-state index in [1.807, 2.05) is 0 Å². The van der Waals surface area contributed by atoms with Crippen LogP contribution in [-0.4, -0.2) is 16.1 Å². The molecule has 0 aliphatic carbocycles. The lowest BCUT2D eigenvalue weighted by Gasteiger charge is -2.05. The van der Waals surface area contributed by atoms with Gasteiger partial charge in [-0.2, -0.15) is 0 Å². The van der Waals surface area contributed by atoms with Gasteiger partial charge in [-0.15, -0.1) is 0 Å². The molecule has 2 aromatic rings. The molecule has 3 nitrogen and oxygen atoms in total. The second-order valence-electron chi connectivity index (χ2n) is 2.93. The molecule has 0 aliphatic rings. The summed E-state index contributed by atoms with van der Waals surface area (Å²) in [4.78, 5) is 14.7. The number of aromatic nitrogens is 1. The molecule has 0 saturated carbocycles. The monoisotopic (exact) mass is 241 g/mol. The van der Waals surface area contributed by atoms with Crippen LogP contribution >= 0.6 is 23.2 Å². The number of carbonyl (C=O) groups is 1. The van der Waals surface area contributed by atoms with Crippen LogP contribution in [0, 0.1) is 0 Å². The second-order valence-corrected chi connectivity index (χ2v) is 3.70. The van der Waals surface area contributed by atoms with Gasteiger partial charge in [-0.25, -0.2) is 9.78 Å². The third-order valence-electron chi connectivity index (χ3n) is 2.04. The van der Waals surface area contributed by atoms with E-state index in [1.165, 1.54) is 6.20 Å². The molecule has 0 saturated heterocycles. The van der Waals surface area contributed by atoms with Crippen LogP contribution in [0.3, 0.4) is 0 Å². The molecule has 1 aromatic heterocycles. The van der Waals surface area contributed by atoms with Gasteiger partial charge in [0.25, 0.3) is 0 Å². The quantitative estimate of drug-likeness (QED) is 0.781. The summed E-state index contributed by atoms with van der Waals surface area (Å²) in [6.45, 7) is 0. The maximum atomic E-state index is 10.9. The Bertz CT molecular complexity index is 554. The van der Waals surface area contributed by atoms with Gasteiger partial charge in [0.05, 0.1) is 5.56 Å². The second kappa shape index (κ2) is 3.68. The van der Waals surface area contributed by atoms with Crippen molar-refractivity contribution in [3.05, 3.63) is 40.1 Å². The van der Waals surface area contributed by atoms with Crippen molar-refractivity contribution in [1.29, 1.82) is 0 Å². The van der Waals surface area contributed by atoms with Gasteiger partial charge < -0.3 is 5.11 Å². The number of pyridine rings is 1. The molecule has 0 atom stereocenters.